The van der Waals surface area contributed by atoms with Gasteiger partial charge in [-0.1, -0.05) is 29.5 Å². The quantitative estimate of drug-likeness (QED) is 0.540. The van der Waals surface area contributed by atoms with Gasteiger partial charge in [0.2, 0.25) is 0 Å². The number of anilines is 1. The lowest BCUT2D eigenvalue weighted by molar-refractivity contribution is -0.274. The van der Waals surface area contributed by atoms with E-state index in [0.29, 0.717) is 0 Å². The number of nitrogens with zero attached hydrogens (tertiary/aromatic N) is 3. The molecule has 2 heterocycles. The van der Waals surface area contributed by atoms with Crippen molar-refractivity contribution in [3.63, 3.8) is 0 Å². The zero-order chi connectivity index (χ0) is 21.1. The van der Waals surface area contributed by atoms with E-state index in [1.54, 1.807) is 12.1 Å². The number of thiazole rings is 1. The molecular formula is C21H21F3N3O2S. The van der Waals surface area contributed by atoms with Gasteiger partial charge in [0.1, 0.15) is 11.3 Å². The monoisotopic (exact) mass is 436 g/mol. The number of halogens is 3. The van der Waals surface area contributed by atoms with Crippen molar-refractivity contribution < 1.29 is 23.0 Å². The van der Waals surface area contributed by atoms with E-state index < -0.39 is 6.36 Å². The highest BCUT2D eigenvalue weighted by atomic mass is 32.1. The van der Waals surface area contributed by atoms with E-state index in [0.717, 1.165) is 67.0 Å². The molecule has 1 fully saturated rings. The number of hydrogen-bond donors (Lipinski definition) is 0. The van der Waals surface area contributed by atoms with Crippen molar-refractivity contribution in [1.29, 1.82) is 0 Å². The zero-order valence-corrected chi connectivity index (χ0v) is 17.0. The SMILES string of the molecule is [O]c1nc2c(N3CCN(CCCc4ccc(OC(F)(F)F)cc4)CC3)cccc2s1. The number of para-hydroxylation sites is 1. The number of hydrogen-bond acceptors (Lipinski definition) is 5. The molecule has 1 aromatic heterocycles. The summed E-state index contributed by atoms with van der Waals surface area (Å²) < 4.78 is 41.5. The molecule has 0 bridgehead atoms. The second-order valence-electron chi connectivity index (χ2n) is 7.23. The summed E-state index contributed by atoms with van der Waals surface area (Å²) in [6.07, 6.45) is -2.93. The number of aryl methyl sites for hydroxylation is 1. The van der Waals surface area contributed by atoms with Crippen molar-refractivity contribution >= 4 is 27.2 Å². The Morgan fingerprint density at radius 3 is 2.47 bits per heavy atom. The van der Waals surface area contributed by atoms with E-state index in [1.165, 1.54) is 23.5 Å². The maximum absolute atomic E-state index is 12.2. The van der Waals surface area contributed by atoms with E-state index in [-0.39, 0.29) is 10.9 Å². The van der Waals surface area contributed by atoms with Crippen molar-refractivity contribution in [2.24, 2.45) is 0 Å². The van der Waals surface area contributed by atoms with E-state index in [2.05, 4.69) is 19.5 Å². The second-order valence-corrected chi connectivity index (χ2v) is 8.22. The lowest BCUT2D eigenvalue weighted by atomic mass is 10.1. The van der Waals surface area contributed by atoms with Crippen molar-refractivity contribution in [3.8, 4) is 10.9 Å². The van der Waals surface area contributed by atoms with Crippen LogP contribution in [-0.2, 0) is 11.5 Å². The molecule has 0 aliphatic carbocycles. The Labute approximate surface area is 176 Å². The third kappa shape index (κ3) is 5.14. The molecule has 159 valence electrons. The third-order valence-electron chi connectivity index (χ3n) is 5.19. The average Bonchev–Trinajstić information content (AvgIpc) is 3.09. The van der Waals surface area contributed by atoms with Gasteiger partial charge in [-0.3, -0.25) is 10.0 Å². The van der Waals surface area contributed by atoms with Crippen LogP contribution in [-0.4, -0.2) is 49.0 Å². The topological polar surface area (TPSA) is 48.5 Å². The molecule has 9 heteroatoms. The van der Waals surface area contributed by atoms with Gasteiger partial charge in [0.05, 0.1) is 10.4 Å². The Balaban J connectivity index is 1.24. The molecule has 4 rings (SSSR count). The molecule has 0 N–H and O–H groups in total. The van der Waals surface area contributed by atoms with Crippen molar-refractivity contribution in [2.45, 2.75) is 19.2 Å². The van der Waals surface area contributed by atoms with Crippen LogP contribution in [0.2, 0.25) is 0 Å². The lowest BCUT2D eigenvalue weighted by Crippen LogP contribution is -2.46. The predicted octanol–water partition coefficient (Wildman–Crippen LogP) is 5.09. The number of ether oxygens (including phenoxy) is 1. The number of piperazine rings is 1. The normalized spacial score (nSPS) is 15.6. The van der Waals surface area contributed by atoms with Gasteiger partial charge < -0.3 is 9.64 Å². The summed E-state index contributed by atoms with van der Waals surface area (Å²) in [5, 5.41) is 11.5. The van der Waals surface area contributed by atoms with Crippen LogP contribution in [0.5, 0.6) is 10.9 Å². The lowest BCUT2D eigenvalue weighted by Gasteiger charge is -2.36. The van der Waals surface area contributed by atoms with E-state index in [1.807, 2.05) is 18.2 Å². The summed E-state index contributed by atoms with van der Waals surface area (Å²) in [5.41, 5.74) is 2.80. The summed E-state index contributed by atoms with van der Waals surface area (Å²) >= 11 is 1.18. The molecule has 0 unspecified atom stereocenters. The van der Waals surface area contributed by atoms with E-state index in [4.69, 9.17) is 0 Å². The number of rotatable bonds is 6. The highest BCUT2D eigenvalue weighted by Crippen LogP contribution is 2.34. The largest absolute Gasteiger partial charge is 0.573 e. The molecule has 1 radical (unpaired) electrons. The molecule has 3 aromatic rings. The van der Waals surface area contributed by atoms with Gasteiger partial charge >= 0.3 is 11.6 Å². The molecule has 1 aliphatic heterocycles. The van der Waals surface area contributed by atoms with E-state index >= 15 is 0 Å². The molecular weight excluding hydrogens is 415 g/mol. The molecule has 30 heavy (non-hydrogen) atoms. The zero-order valence-electron chi connectivity index (χ0n) is 16.2. The van der Waals surface area contributed by atoms with Crippen molar-refractivity contribution in [2.75, 3.05) is 37.6 Å². The molecule has 0 amide bonds. The summed E-state index contributed by atoms with van der Waals surface area (Å²) in [7, 11) is 0. The Kier molecular flexibility index (Phi) is 6.01. The van der Waals surface area contributed by atoms with Gasteiger partial charge in [-0.25, -0.2) is 0 Å². The Hall–Kier alpha value is -2.52. The van der Waals surface area contributed by atoms with Crippen LogP contribution in [0.25, 0.3) is 10.2 Å². The van der Waals surface area contributed by atoms with Crippen LogP contribution in [0.1, 0.15) is 12.0 Å². The van der Waals surface area contributed by atoms with Crippen molar-refractivity contribution in [1.82, 2.24) is 9.88 Å². The molecule has 5 nitrogen and oxygen atoms in total. The van der Waals surface area contributed by atoms with Gasteiger partial charge in [-0.05, 0) is 49.2 Å². The molecule has 0 spiro atoms. The maximum Gasteiger partial charge on any atom is 0.573 e. The molecule has 2 aromatic carbocycles. The number of benzene rings is 2. The van der Waals surface area contributed by atoms with Gasteiger partial charge in [-0.15, -0.1) is 13.2 Å². The van der Waals surface area contributed by atoms with Gasteiger partial charge in [0.15, 0.2) is 0 Å². The standard InChI is InChI=1S/C21H21F3N3O2S/c22-21(23,24)29-16-8-6-15(7-9-16)3-2-10-26-11-13-27(14-12-26)17-4-1-5-18-19(17)25-20(28)30-18/h1,4-9H,2-3,10-14H2. The van der Waals surface area contributed by atoms with Crippen LogP contribution >= 0.6 is 11.3 Å². The minimum atomic E-state index is -4.66. The molecule has 1 saturated heterocycles. The van der Waals surface area contributed by atoms with Crippen LogP contribution < -0.4 is 9.64 Å². The first-order valence-electron chi connectivity index (χ1n) is 9.76. The summed E-state index contributed by atoms with van der Waals surface area (Å²) in [6, 6.07) is 12.0. The van der Waals surface area contributed by atoms with Crippen molar-refractivity contribution in [3.05, 3.63) is 48.0 Å². The molecule has 0 atom stereocenters. The summed E-state index contributed by atoms with van der Waals surface area (Å²) in [6.45, 7) is 4.51. The van der Waals surface area contributed by atoms with Crippen LogP contribution in [0.3, 0.4) is 0 Å². The number of alkyl halides is 3. The van der Waals surface area contributed by atoms with Crippen LogP contribution in [0, 0.1) is 0 Å². The first kappa shape index (κ1) is 20.7. The average molecular weight is 436 g/mol. The number of aromatic nitrogens is 1. The summed E-state index contributed by atoms with van der Waals surface area (Å²) in [4.78, 5) is 8.81. The fourth-order valence-electron chi connectivity index (χ4n) is 3.75. The Morgan fingerprint density at radius 2 is 1.77 bits per heavy atom. The number of fused-ring (bicyclic) bond motifs is 1. The fraction of sp³-hybridized carbons (Fsp3) is 0.381. The minimum absolute atomic E-state index is 0.158. The molecule has 0 saturated carbocycles. The summed E-state index contributed by atoms with van der Waals surface area (Å²) in [5.74, 6) is -0.193. The minimum Gasteiger partial charge on any atom is -0.406 e. The first-order chi connectivity index (χ1) is 14.4. The van der Waals surface area contributed by atoms with Crippen LogP contribution in [0.4, 0.5) is 18.9 Å². The van der Waals surface area contributed by atoms with E-state index in [9.17, 15) is 18.3 Å². The molecule has 1 aliphatic rings. The second kappa shape index (κ2) is 8.69. The highest BCUT2D eigenvalue weighted by Gasteiger charge is 2.31. The van der Waals surface area contributed by atoms with Crippen LogP contribution in [0.15, 0.2) is 42.5 Å². The van der Waals surface area contributed by atoms with Gasteiger partial charge in [0, 0.05) is 26.2 Å². The third-order valence-corrected chi connectivity index (χ3v) is 6.00. The Bertz CT molecular complexity index is 983. The first-order valence-corrected chi connectivity index (χ1v) is 10.6. The Morgan fingerprint density at radius 1 is 1.03 bits per heavy atom. The highest BCUT2D eigenvalue weighted by molar-refractivity contribution is 7.20. The maximum atomic E-state index is 12.2. The predicted molar refractivity (Wildman–Crippen MR) is 110 cm³/mol. The van der Waals surface area contributed by atoms with Gasteiger partial charge in [0.25, 0.3) is 0 Å². The fourth-order valence-corrected chi connectivity index (χ4v) is 4.46. The van der Waals surface area contributed by atoms with Gasteiger partial charge in [-0.2, -0.15) is 4.98 Å². The smallest absolute Gasteiger partial charge is 0.406 e.